The molecule has 110 valence electrons. The lowest BCUT2D eigenvalue weighted by molar-refractivity contribution is -0.131. The smallest absolute Gasteiger partial charge is 0.327 e. The number of carbonyl (C=O) groups is 1. The maximum Gasteiger partial charge on any atom is 0.327 e. The molecule has 0 aliphatic carbocycles. The van der Waals surface area contributed by atoms with E-state index in [4.69, 9.17) is 9.84 Å². The van der Waals surface area contributed by atoms with E-state index in [0.29, 0.717) is 18.4 Å². The Kier molecular flexibility index (Phi) is 6.70. The maximum atomic E-state index is 10.3. The summed E-state index contributed by atoms with van der Waals surface area (Å²) in [4.78, 5) is 10.3. The Morgan fingerprint density at radius 1 is 1.50 bits per heavy atom. The fourth-order valence-electron chi connectivity index (χ4n) is 1.81. The van der Waals surface area contributed by atoms with Crippen molar-refractivity contribution in [3.8, 4) is 5.75 Å². The van der Waals surface area contributed by atoms with Crippen LogP contribution < -0.4 is 0 Å². The fraction of sp³-hybridized carbons (Fsp3) is 0.357. The summed E-state index contributed by atoms with van der Waals surface area (Å²) in [7, 11) is 1.46. The summed E-state index contributed by atoms with van der Waals surface area (Å²) < 4.78 is 5.95. The minimum Gasteiger partial charge on any atom is -0.508 e. The number of halogens is 1. The predicted octanol–water partition coefficient (Wildman–Crippen LogP) is 2.62. The molecule has 6 heteroatoms. The number of carboxylic acid groups (broad SMARTS) is 1. The van der Waals surface area contributed by atoms with Crippen molar-refractivity contribution in [1.82, 2.24) is 0 Å². The number of benzene rings is 1. The number of aliphatic hydroxyl groups excluding tert-OH is 1. The number of ether oxygens (including phenoxy) is 1. The number of allylic oxidation sites excluding steroid dienone is 1. The third-order valence-corrected chi connectivity index (χ3v) is 3.33. The van der Waals surface area contributed by atoms with E-state index in [2.05, 4.69) is 15.9 Å². The molecule has 0 aliphatic heterocycles. The number of methoxy groups -OCH3 is 1. The molecule has 0 aromatic heterocycles. The van der Waals surface area contributed by atoms with Crippen LogP contribution >= 0.6 is 15.9 Å². The van der Waals surface area contributed by atoms with E-state index in [1.54, 1.807) is 12.1 Å². The zero-order chi connectivity index (χ0) is 15.1. The lowest BCUT2D eigenvalue weighted by Gasteiger charge is -2.22. The van der Waals surface area contributed by atoms with E-state index in [1.807, 2.05) is 0 Å². The van der Waals surface area contributed by atoms with Crippen LogP contribution in [0, 0.1) is 0 Å². The lowest BCUT2D eigenvalue weighted by atomic mass is 10.00. The molecule has 1 aromatic rings. The first-order chi connectivity index (χ1) is 9.45. The number of rotatable bonds is 7. The number of hydrogen-bond donors (Lipinski definition) is 3. The topological polar surface area (TPSA) is 87.0 Å². The van der Waals surface area contributed by atoms with Crippen LogP contribution in [-0.2, 0) is 9.53 Å². The van der Waals surface area contributed by atoms with Gasteiger partial charge in [-0.25, -0.2) is 4.79 Å². The highest BCUT2D eigenvalue weighted by molar-refractivity contribution is 9.10. The number of phenolic OH excluding ortho intramolecular Hbond substituents is 1. The highest BCUT2D eigenvalue weighted by atomic mass is 79.9. The van der Waals surface area contributed by atoms with Crippen LogP contribution in [0.15, 0.2) is 34.8 Å². The summed E-state index contributed by atoms with van der Waals surface area (Å²) in [6.07, 6.45) is 1.92. The molecular formula is C14H17BrO5. The number of aliphatic hydroxyl groups is 1. The van der Waals surface area contributed by atoms with Crippen molar-refractivity contribution in [3.05, 3.63) is 40.4 Å². The van der Waals surface area contributed by atoms with E-state index < -0.39 is 18.2 Å². The van der Waals surface area contributed by atoms with Crippen molar-refractivity contribution in [1.29, 1.82) is 0 Å². The van der Waals surface area contributed by atoms with Gasteiger partial charge in [0.1, 0.15) is 11.9 Å². The van der Waals surface area contributed by atoms with Gasteiger partial charge >= 0.3 is 5.97 Å². The van der Waals surface area contributed by atoms with Gasteiger partial charge in [0.25, 0.3) is 0 Å². The normalized spacial score (nSPS) is 14.3. The van der Waals surface area contributed by atoms with Crippen molar-refractivity contribution in [3.63, 3.8) is 0 Å². The van der Waals surface area contributed by atoms with Gasteiger partial charge in [-0.3, -0.25) is 0 Å². The summed E-state index contributed by atoms with van der Waals surface area (Å²) in [6, 6.07) is 4.78. The first-order valence-corrected chi connectivity index (χ1v) is 6.83. The van der Waals surface area contributed by atoms with Crippen molar-refractivity contribution in [2.45, 2.75) is 25.0 Å². The number of aromatic hydroxyl groups is 1. The Morgan fingerprint density at radius 3 is 2.80 bits per heavy atom. The van der Waals surface area contributed by atoms with Gasteiger partial charge in [-0.15, -0.1) is 0 Å². The van der Waals surface area contributed by atoms with E-state index in [-0.39, 0.29) is 5.75 Å². The monoisotopic (exact) mass is 344 g/mol. The molecule has 1 rings (SSSR count). The number of phenols is 1. The molecule has 0 fully saturated rings. The molecule has 20 heavy (non-hydrogen) atoms. The number of aliphatic carboxylic acids is 1. The van der Waals surface area contributed by atoms with Crippen LogP contribution in [0.5, 0.6) is 5.75 Å². The summed E-state index contributed by atoms with van der Waals surface area (Å²) in [5, 5.41) is 28.5. The molecule has 0 heterocycles. The molecule has 3 N–H and O–H groups in total. The molecule has 0 bridgehead atoms. The van der Waals surface area contributed by atoms with Crippen molar-refractivity contribution in [2.75, 3.05) is 7.11 Å². The molecule has 0 saturated carbocycles. The summed E-state index contributed by atoms with van der Waals surface area (Å²) in [5.74, 6) is -1.02. The largest absolute Gasteiger partial charge is 0.508 e. The Labute approximate surface area is 125 Å². The van der Waals surface area contributed by atoms with E-state index in [9.17, 15) is 15.0 Å². The van der Waals surface area contributed by atoms with Crippen LogP contribution in [0.3, 0.4) is 0 Å². The minimum absolute atomic E-state index is 0.0103. The van der Waals surface area contributed by atoms with Crippen molar-refractivity contribution >= 4 is 21.9 Å². The summed E-state index contributed by atoms with van der Waals surface area (Å²) in [6.45, 7) is 0. The Morgan fingerprint density at radius 2 is 2.20 bits per heavy atom. The second-order valence-corrected chi connectivity index (χ2v) is 5.16. The molecule has 2 atom stereocenters. The highest BCUT2D eigenvalue weighted by Gasteiger charge is 2.22. The Bertz CT molecular complexity index is 486. The van der Waals surface area contributed by atoms with Crippen LogP contribution in [0.2, 0.25) is 0 Å². The molecule has 0 saturated heterocycles. The van der Waals surface area contributed by atoms with Crippen LogP contribution in [0.4, 0.5) is 0 Å². The van der Waals surface area contributed by atoms with Gasteiger partial charge in [0, 0.05) is 23.2 Å². The Balaban J connectivity index is 2.73. The van der Waals surface area contributed by atoms with E-state index >= 15 is 0 Å². The standard InChI is InChI=1S/C14H17BrO5/c1-20-12(4-2-3-5-13(17)18)14(19)10-8-9(15)6-7-11(10)16/h3,5-8,12,14,16,19H,2,4H2,1H3,(H,17,18)/b5-3+/t12-,14-/m0/s1. The van der Waals surface area contributed by atoms with Gasteiger partial charge in [0.2, 0.25) is 0 Å². The second-order valence-electron chi connectivity index (χ2n) is 4.24. The average molecular weight is 345 g/mol. The van der Waals surface area contributed by atoms with Gasteiger partial charge in [-0.05, 0) is 31.0 Å². The highest BCUT2D eigenvalue weighted by Crippen LogP contribution is 2.31. The van der Waals surface area contributed by atoms with Gasteiger partial charge in [-0.1, -0.05) is 22.0 Å². The zero-order valence-electron chi connectivity index (χ0n) is 11.0. The van der Waals surface area contributed by atoms with E-state index in [0.717, 1.165) is 10.5 Å². The van der Waals surface area contributed by atoms with Gasteiger partial charge in [0.15, 0.2) is 0 Å². The molecule has 0 aliphatic rings. The molecule has 0 spiro atoms. The average Bonchev–Trinajstić information content (AvgIpc) is 2.40. The first kappa shape index (κ1) is 16.7. The third-order valence-electron chi connectivity index (χ3n) is 2.84. The second kappa shape index (κ2) is 8.04. The van der Waals surface area contributed by atoms with Gasteiger partial charge in [0.05, 0.1) is 6.10 Å². The minimum atomic E-state index is -1.01. The molecule has 0 radical (unpaired) electrons. The molecular weight excluding hydrogens is 328 g/mol. The van der Waals surface area contributed by atoms with Gasteiger partial charge < -0.3 is 20.1 Å². The van der Waals surface area contributed by atoms with Crippen LogP contribution in [-0.4, -0.2) is 34.5 Å². The van der Waals surface area contributed by atoms with Gasteiger partial charge in [-0.2, -0.15) is 0 Å². The third kappa shape index (κ3) is 4.96. The molecule has 0 amide bonds. The SMILES string of the molecule is CO[C@@H](CC/C=C/C(=O)O)[C@@H](O)c1cc(Br)ccc1O. The molecule has 1 aromatic carbocycles. The van der Waals surface area contributed by atoms with Crippen molar-refractivity contribution < 1.29 is 24.9 Å². The van der Waals surface area contributed by atoms with Crippen LogP contribution in [0.1, 0.15) is 24.5 Å². The summed E-state index contributed by atoms with van der Waals surface area (Å²) in [5.41, 5.74) is 0.369. The number of hydrogen-bond acceptors (Lipinski definition) is 4. The van der Waals surface area contributed by atoms with Crippen LogP contribution in [0.25, 0.3) is 0 Å². The number of carboxylic acids is 1. The fourth-order valence-corrected chi connectivity index (χ4v) is 2.19. The van der Waals surface area contributed by atoms with E-state index in [1.165, 1.54) is 19.3 Å². The maximum absolute atomic E-state index is 10.3. The lowest BCUT2D eigenvalue weighted by Crippen LogP contribution is -2.20. The predicted molar refractivity (Wildman–Crippen MR) is 77.6 cm³/mol. The zero-order valence-corrected chi connectivity index (χ0v) is 12.6. The Hall–Kier alpha value is -1.37. The molecule has 0 unspecified atom stereocenters. The first-order valence-electron chi connectivity index (χ1n) is 6.04. The molecule has 5 nitrogen and oxygen atoms in total. The van der Waals surface area contributed by atoms with Crippen molar-refractivity contribution in [2.24, 2.45) is 0 Å². The summed E-state index contributed by atoms with van der Waals surface area (Å²) >= 11 is 3.28. The quantitative estimate of drug-likeness (QED) is 0.662.